The van der Waals surface area contributed by atoms with Gasteiger partial charge in [0.25, 0.3) is 11.8 Å². The number of imidazole rings is 1. The molecule has 2 heterocycles. The molecule has 184 valence electrons. The summed E-state index contributed by atoms with van der Waals surface area (Å²) in [7, 11) is 0. The van der Waals surface area contributed by atoms with Gasteiger partial charge in [0.1, 0.15) is 17.2 Å². The second-order valence-electron chi connectivity index (χ2n) is 8.11. The van der Waals surface area contributed by atoms with Crippen molar-refractivity contribution in [1.82, 2.24) is 20.2 Å². The van der Waals surface area contributed by atoms with Crippen LogP contribution in [0, 0.1) is 6.92 Å². The highest BCUT2D eigenvalue weighted by atomic mass is 79.9. The molecule has 2 aromatic heterocycles. The van der Waals surface area contributed by atoms with Crippen molar-refractivity contribution in [1.29, 1.82) is 0 Å². The number of hydrogen-bond donors (Lipinski definition) is 2. The van der Waals surface area contributed by atoms with Crippen LogP contribution in [-0.2, 0) is 11.3 Å². The van der Waals surface area contributed by atoms with E-state index in [1.54, 1.807) is 42.9 Å². The lowest BCUT2D eigenvalue weighted by atomic mass is 10.1. The van der Waals surface area contributed by atoms with Crippen molar-refractivity contribution in [2.45, 2.75) is 19.9 Å². The maximum atomic E-state index is 13.0. The van der Waals surface area contributed by atoms with Gasteiger partial charge in [0.2, 0.25) is 0 Å². The van der Waals surface area contributed by atoms with Gasteiger partial charge in [-0.25, -0.2) is 4.98 Å². The van der Waals surface area contributed by atoms with Gasteiger partial charge in [0, 0.05) is 47.2 Å². The van der Waals surface area contributed by atoms with Crippen LogP contribution in [-0.4, -0.2) is 27.9 Å². The van der Waals surface area contributed by atoms with Gasteiger partial charge < -0.3 is 19.6 Å². The third kappa shape index (κ3) is 6.74. The Labute approximate surface area is 222 Å². The fraction of sp³-hybridized carbons (Fsp3) is 0.148. The molecule has 0 aliphatic carbocycles. The van der Waals surface area contributed by atoms with Crippen molar-refractivity contribution < 1.29 is 14.0 Å². The molecule has 0 atom stereocenters. The average Bonchev–Trinajstić information content (AvgIpc) is 3.54. The molecule has 0 unspecified atom stereocenters. The van der Waals surface area contributed by atoms with Gasteiger partial charge in [0.15, 0.2) is 0 Å². The van der Waals surface area contributed by atoms with Crippen molar-refractivity contribution in [3.05, 3.63) is 105 Å². The van der Waals surface area contributed by atoms with E-state index in [0.29, 0.717) is 47.2 Å². The lowest BCUT2D eigenvalue weighted by Gasteiger charge is -2.11. The smallest absolute Gasteiger partial charge is 0.267 e. The lowest BCUT2D eigenvalue weighted by molar-refractivity contribution is -0.117. The average molecular weight is 568 g/mol. The van der Waals surface area contributed by atoms with Gasteiger partial charge in [-0.05, 0) is 55.8 Å². The first-order chi connectivity index (χ1) is 17.4. The maximum Gasteiger partial charge on any atom is 0.267 e. The third-order valence-electron chi connectivity index (χ3n) is 5.35. The van der Waals surface area contributed by atoms with E-state index in [1.807, 2.05) is 42.0 Å². The van der Waals surface area contributed by atoms with Crippen molar-refractivity contribution in [2.24, 2.45) is 0 Å². The SMILES string of the molecule is Cc1ccc(C(=O)NC(=Cc2ccc(-c3ccc(Br)cc3Cl)o2)C(=O)NCCCn2ccnc2)cc1. The Bertz CT molecular complexity index is 1380. The molecule has 2 N–H and O–H groups in total. The summed E-state index contributed by atoms with van der Waals surface area (Å²) in [5, 5.41) is 6.11. The molecule has 2 aromatic carbocycles. The summed E-state index contributed by atoms with van der Waals surface area (Å²) in [5.74, 6) is 0.138. The van der Waals surface area contributed by atoms with E-state index < -0.39 is 11.8 Å². The quantitative estimate of drug-likeness (QED) is 0.196. The number of aryl methyl sites for hydroxylation is 2. The molecule has 0 saturated carbocycles. The van der Waals surface area contributed by atoms with E-state index in [0.717, 1.165) is 10.0 Å². The molecule has 0 saturated heterocycles. The van der Waals surface area contributed by atoms with Crippen LogP contribution in [0.4, 0.5) is 0 Å². The first-order valence-electron chi connectivity index (χ1n) is 11.3. The summed E-state index contributed by atoms with van der Waals surface area (Å²) in [4.78, 5) is 29.9. The summed E-state index contributed by atoms with van der Waals surface area (Å²) >= 11 is 9.74. The zero-order valence-corrected chi connectivity index (χ0v) is 21.8. The van der Waals surface area contributed by atoms with Crippen molar-refractivity contribution in [3.63, 3.8) is 0 Å². The summed E-state index contributed by atoms with van der Waals surface area (Å²) in [6.07, 6.45) is 7.50. The van der Waals surface area contributed by atoms with Gasteiger partial charge in [-0.3, -0.25) is 9.59 Å². The highest BCUT2D eigenvalue weighted by Gasteiger charge is 2.16. The molecule has 7 nitrogen and oxygen atoms in total. The molecule has 36 heavy (non-hydrogen) atoms. The van der Waals surface area contributed by atoms with Gasteiger partial charge in [-0.15, -0.1) is 0 Å². The second kappa shape index (κ2) is 11.9. The van der Waals surface area contributed by atoms with Crippen molar-refractivity contribution in [2.75, 3.05) is 6.54 Å². The Kier molecular flexibility index (Phi) is 8.40. The molecule has 0 bridgehead atoms. The molecule has 4 aromatic rings. The fourth-order valence-electron chi connectivity index (χ4n) is 3.44. The molecule has 4 rings (SSSR count). The van der Waals surface area contributed by atoms with Gasteiger partial charge in [0.05, 0.1) is 11.3 Å². The Morgan fingerprint density at radius 1 is 1.14 bits per heavy atom. The topological polar surface area (TPSA) is 89.2 Å². The largest absolute Gasteiger partial charge is 0.457 e. The highest BCUT2D eigenvalue weighted by Crippen LogP contribution is 2.32. The molecule has 0 radical (unpaired) electrons. The predicted octanol–water partition coefficient (Wildman–Crippen LogP) is 5.84. The Morgan fingerprint density at radius 3 is 2.67 bits per heavy atom. The Hall–Kier alpha value is -3.62. The molecule has 0 fully saturated rings. The molecule has 0 aliphatic heterocycles. The second-order valence-corrected chi connectivity index (χ2v) is 9.44. The number of amides is 2. The summed E-state index contributed by atoms with van der Waals surface area (Å²) in [5.41, 5.74) is 2.27. The summed E-state index contributed by atoms with van der Waals surface area (Å²) < 4.78 is 8.72. The van der Waals surface area contributed by atoms with Gasteiger partial charge in [-0.1, -0.05) is 45.2 Å². The van der Waals surface area contributed by atoms with Crippen LogP contribution in [0.1, 0.15) is 28.1 Å². The molecule has 2 amide bonds. The minimum atomic E-state index is -0.416. The number of carbonyl (C=O) groups excluding carboxylic acids is 2. The van der Waals surface area contributed by atoms with Gasteiger partial charge >= 0.3 is 0 Å². The van der Waals surface area contributed by atoms with Crippen LogP contribution in [0.25, 0.3) is 17.4 Å². The number of hydrogen-bond acceptors (Lipinski definition) is 4. The number of nitrogens with zero attached hydrogens (tertiary/aromatic N) is 2. The molecule has 9 heteroatoms. The standard InChI is InChI=1S/C27H24BrClN4O3/c1-18-3-5-19(6-4-18)26(34)32-24(27(35)31-11-2-13-33-14-12-30-17-33)16-21-8-10-25(36-21)22-9-7-20(28)15-23(22)29/h3-10,12,14-17H,2,11,13H2,1H3,(H,31,35)(H,32,34). The number of rotatable bonds is 9. The van der Waals surface area contributed by atoms with Crippen molar-refractivity contribution in [3.8, 4) is 11.3 Å². The first-order valence-corrected chi connectivity index (χ1v) is 12.4. The van der Waals surface area contributed by atoms with Crippen LogP contribution in [0.5, 0.6) is 0 Å². The number of halogens is 2. The van der Waals surface area contributed by atoms with E-state index in [-0.39, 0.29) is 5.70 Å². The van der Waals surface area contributed by atoms with E-state index >= 15 is 0 Å². The number of benzene rings is 2. The molecular weight excluding hydrogens is 544 g/mol. The molecule has 0 aliphatic rings. The zero-order chi connectivity index (χ0) is 25.5. The van der Waals surface area contributed by atoms with Crippen LogP contribution in [0.15, 0.2) is 87.9 Å². The van der Waals surface area contributed by atoms with Crippen molar-refractivity contribution >= 4 is 45.4 Å². The Morgan fingerprint density at radius 2 is 1.94 bits per heavy atom. The third-order valence-corrected chi connectivity index (χ3v) is 6.16. The number of aromatic nitrogens is 2. The lowest BCUT2D eigenvalue weighted by Crippen LogP contribution is -2.35. The predicted molar refractivity (Wildman–Crippen MR) is 143 cm³/mol. The number of nitrogens with one attached hydrogen (secondary N) is 2. The molecule has 0 spiro atoms. The van der Waals surface area contributed by atoms with E-state index in [4.69, 9.17) is 16.0 Å². The van der Waals surface area contributed by atoms with E-state index in [2.05, 4.69) is 31.5 Å². The van der Waals surface area contributed by atoms with E-state index in [9.17, 15) is 9.59 Å². The molecular formula is C27H24BrClN4O3. The first kappa shape index (κ1) is 25.5. The van der Waals surface area contributed by atoms with E-state index in [1.165, 1.54) is 6.08 Å². The summed E-state index contributed by atoms with van der Waals surface area (Å²) in [6, 6.07) is 16.1. The number of furan rings is 1. The monoisotopic (exact) mass is 566 g/mol. The summed E-state index contributed by atoms with van der Waals surface area (Å²) in [6.45, 7) is 3.08. The highest BCUT2D eigenvalue weighted by molar-refractivity contribution is 9.10. The fourth-order valence-corrected chi connectivity index (χ4v) is 4.21. The normalized spacial score (nSPS) is 11.4. The maximum absolute atomic E-state index is 13.0. The van der Waals surface area contributed by atoms with Crippen LogP contribution < -0.4 is 10.6 Å². The van der Waals surface area contributed by atoms with Crippen LogP contribution in [0.3, 0.4) is 0 Å². The minimum Gasteiger partial charge on any atom is -0.457 e. The minimum absolute atomic E-state index is 0.0750. The zero-order valence-electron chi connectivity index (χ0n) is 19.5. The number of carbonyl (C=O) groups is 2. The van der Waals surface area contributed by atoms with Crippen LogP contribution in [0.2, 0.25) is 5.02 Å². The van der Waals surface area contributed by atoms with Gasteiger partial charge in [-0.2, -0.15) is 0 Å². The van der Waals surface area contributed by atoms with Crippen LogP contribution >= 0.6 is 27.5 Å². The Balaban J connectivity index is 1.52.